The molecule has 1 heterocycles. The van der Waals surface area contributed by atoms with E-state index in [9.17, 15) is 37.3 Å². The number of nitro benzene ring substituents is 1. The van der Waals surface area contributed by atoms with E-state index in [1.807, 2.05) is 0 Å². The van der Waals surface area contributed by atoms with Crippen LogP contribution in [0.1, 0.15) is 16.7 Å². The van der Waals surface area contributed by atoms with Crippen molar-refractivity contribution < 1.29 is 36.8 Å². The van der Waals surface area contributed by atoms with Crippen LogP contribution >= 0.6 is 23.4 Å². The minimum absolute atomic E-state index is 0.0127. The summed E-state index contributed by atoms with van der Waals surface area (Å²) in [7, 11) is 0. The van der Waals surface area contributed by atoms with Crippen molar-refractivity contribution in [1.29, 1.82) is 0 Å². The zero-order valence-corrected chi connectivity index (χ0v) is 19.9. The highest BCUT2D eigenvalue weighted by Gasteiger charge is 2.36. The van der Waals surface area contributed by atoms with Gasteiger partial charge in [0.2, 0.25) is 5.75 Å². The van der Waals surface area contributed by atoms with Gasteiger partial charge in [-0.1, -0.05) is 29.8 Å². The van der Waals surface area contributed by atoms with Crippen molar-refractivity contribution in [2.45, 2.75) is 12.7 Å². The van der Waals surface area contributed by atoms with Crippen molar-refractivity contribution in [2.75, 3.05) is 0 Å². The first-order valence-electron chi connectivity index (χ1n) is 10.3. The highest BCUT2D eigenvalue weighted by molar-refractivity contribution is 8.18. The summed E-state index contributed by atoms with van der Waals surface area (Å²) in [5.74, 6) is -1.73. The minimum Gasteiger partial charge on any atom is -0.450 e. The zero-order valence-electron chi connectivity index (χ0n) is 18.3. The number of carbonyl (C=O) groups excluding carboxylic acids is 2. The molecule has 0 radical (unpaired) electrons. The molecule has 0 N–H and O–H groups in total. The summed E-state index contributed by atoms with van der Waals surface area (Å²) in [5, 5.41) is 10.7. The van der Waals surface area contributed by atoms with E-state index in [-0.39, 0.29) is 27.8 Å². The van der Waals surface area contributed by atoms with E-state index in [0.717, 1.165) is 17.0 Å². The Bertz CT molecular complexity index is 1440. The first kappa shape index (κ1) is 26.2. The van der Waals surface area contributed by atoms with Gasteiger partial charge in [-0.05, 0) is 59.8 Å². The van der Waals surface area contributed by atoms with Crippen LogP contribution in [0, 0.1) is 15.9 Å². The minimum atomic E-state index is -4.77. The number of hydrogen-bond acceptors (Lipinski definition) is 6. The van der Waals surface area contributed by atoms with E-state index >= 15 is 0 Å². The molecule has 0 atom stereocenters. The Kier molecular flexibility index (Phi) is 7.23. The van der Waals surface area contributed by atoms with Gasteiger partial charge < -0.3 is 4.74 Å². The molecule has 1 aliphatic heterocycles. The van der Waals surface area contributed by atoms with Crippen LogP contribution in [-0.2, 0) is 17.5 Å². The number of amides is 2. The fourth-order valence-corrected chi connectivity index (χ4v) is 4.41. The molecule has 7 nitrogen and oxygen atoms in total. The maximum absolute atomic E-state index is 14.1. The van der Waals surface area contributed by atoms with Crippen molar-refractivity contribution in [3.63, 3.8) is 0 Å². The molecule has 1 fully saturated rings. The average Bonchev–Trinajstić information content (AvgIpc) is 3.08. The summed E-state index contributed by atoms with van der Waals surface area (Å²) in [4.78, 5) is 36.4. The van der Waals surface area contributed by atoms with Crippen LogP contribution in [0.25, 0.3) is 6.08 Å². The number of imide groups is 1. The lowest BCUT2D eigenvalue weighted by Gasteiger charge is -2.14. The second-order valence-electron chi connectivity index (χ2n) is 7.58. The molecule has 37 heavy (non-hydrogen) atoms. The van der Waals surface area contributed by atoms with E-state index in [1.165, 1.54) is 36.4 Å². The van der Waals surface area contributed by atoms with Gasteiger partial charge in [0.15, 0.2) is 0 Å². The normalized spacial score (nSPS) is 14.9. The average molecular weight is 553 g/mol. The molecule has 2 amide bonds. The van der Waals surface area contributed by atoms with E-state index in [1.54, 1.807) is 6.07 Å². The molecule has 0 saturated carbocycles. The SMILES string of the molecule is O=C1S/C(=C\c2cccc(Oc3ccc(C(F)(F)F)cc3[N+](=O)[O-])c2)C(=O)N1Cc1c(F)cccc1Cl. The second-order valence-corrected chi connectivity index (χ2v) is 8.98. The summed E-state index contributed by atoms with van der Waals surface area (Å²) >= 11 is 6.62. The summed E-state index contributed by atoms with van der Waals surface area (Å²) in [5.41, 5.74) is -1.73. The fourth-order valence-electron chi connectivity index (χ4n) is 3.35. The molecule has 1 aliphatic rings. The fraction of sp³-hybridized carbons (Fsp3) is 0.0833. The smallest absolute Gasteiger partial charge is 0.416 e. The van der Waals surface area contributed by atoms with Crippen LogP contribution in [0.3, 0.4) is 0 Å². The molecular formula is C24H13ClF4N2O5S. The monoisotopic (exact) mass is 552 g/mol. The largest absolute Gasteiger partial charge is 0.450 e. The van der Waals surface area contributed by atoms with E-state index in [4.69, 9.17) is 16.3 Å². The van der Waals surface area contributed by atoms with Crippen molar-refractivity contribution >= 4 is 46.3 Å². The van der Waals surface area contributed by atoms with Gasteiger partial charge in [-0.2, -0.15) is 13.2 Å². The number of benzene rings is 3. The van der Waals surface area contributed by atoms with Crippen LogP contribution in [0.4, 0.5) is 28.0 Å². The number of carbonyl (C=O) groups is 2. The predicted octanol–water partition coefficient (Wildman–Crippen LogP) is 7.43. The molecule has 3 aromatic carbocycles. The van der Waals surface area contributed by atoms with E-state index in [0.29, 0.717) is 29.5 Å². The van der Waals surface area contributed by atoms with Crippen molar-refractivity contribution in [2.24, 2.45) is 0 Å². The Labute approximate surface area is 215 Å². The van der Waals surface area contributed by atoms with Crippen LogP contribution in [0.5, 0.6) is 11.5 Å². The van der Waals surface area contributed by atoms with E-state index in [2.05, 4.69) is 0 Å². The first-order chi connectivity index (χ1) is 17.4. The van der Waals surface area contributed by atoms with Gasteiger partial charge in [-0.15, -0.1) is 0 Å². The number of nitro groups is 1. The summed E-state index contributed by atoms with van der Waals surface area (Å²) in [6, 6.07) is 11.7. The molecule has 190 valence electrons. The highest BCUT2D eigenvalue weighted by atomic mass is 35.5. The number of ether oxygens (including phenoxy) is 1. The van der Waals surface area contributed by atoms with Gasteiger partial charge in [-0.3, -0.25) is 24.6 Å². The molecule has 0 spiro atoms. The molecule has 0 aromatic heterocycles. The molecule has 0 unspecified atom stereocenters. The number of thioether (sulfide) groups is 1. The number of nitrogens with zero attached hydrogens (tertiary/aromatic N) is 2. The molecule has 13 heteroatoms. The third kappa shape index (κ3) is 5.75. The molecule has 0 aliphatic carbocycles. The van der Waals surface area contributed by atoms with Crippen molar-refractivity contribution in [3.8, 4) is 11.5 Å². The number of alkyl halides is 3. The third-order valence-electron chi connectivity index (χ3n) is 5.12. The number of halogens is 5. The zero-order chi connectivity index (χ0) is 26.9. The van der Waals surface area contributed by atoms with Gasteiger partial charge in [0.1, 0.15) is 11.6 Å². The van der Waals surface area contributed by atoms with Gasteiger partial charge in [0.25, 0.3) is 11.1 Å². The Morgan fingerprint density at radius 2 is 1.81 bits per heavy atom. The topological polar surface area (TPSA) is 89.7 Å². The van der Waals surface area contributed by atoms with Crippen molar-refractivity contribution in [1.82, 2.24) is 4.90 Å². The Hall–Kier alpha value is -3.90. The molecule has 4 rings (SSSR count). The van der Waals surface area contributed by atoms with Crippen LogP contribution in [0.2, 0.25) is 5.02 Å². The molecule has 3 aromatic rings. The predicted molar refractivity (Wildman–Crippen MR) is 128 cm³/mol. The van der Waals surface area contributed by atoms with E-state index < -0.39 is 45.1 Å². The molecule has 0 bridgehead atoms. The van der Waals surface area contributed by atoms with Crippen molar-refractivity contribution in [3.05, 3.63) is 103 Å². The molecular weight excluding hydrogens is 540 g/mol. The number of rotatable bonds is 6. The third-order valence-corrected chi connectivity index (χ3v) is 6.38. The lowest BCUT2D eigenvalue weighted by Crippen LogP contribution is -2.28. The van der Waals surface area contributed by atoms with Crippen LogP contribution in [-0.4, -0.2) is 21.0 Å². The van der Waals surface area contributed by atoms with Gasteiger partial charge in [0.05, 0.1) is 21.9 Å². The lowest BCUT2D eigenvalue weighted by atomic mass is 10.1. The Morgan fingerprint density at radius 3 is 2.49 bits per heavy atom. The lowest BCUT2D eigenvalue weighted by molar-refractivity contribution is -0.385. The standard InChI is InChI=1S/C24H13ClF4N2O5S/c25-17-5-2-6-18(26)16(17)12-30-22(32)21(37-23(30)33)10-13-3-1-4-15(9-13)36-20-8-7-14(24(27,28)29)11-19(20)31(34)35/h1-11H,12H2/b21-10-. The quantitative estimate of drug-likeness (QED) is 0.137. The summed E-state index contributed by atoms with van der Waals surface area (Å²) in [6.07, 6.45) is -3.41. The first-order valence-corrected chi connectivity index (χ1v) is 11.5. The maximum Gasteiger partial charge on any atom is 0.416 e. The van der Waals surface area contributed by atoms with Gasteiger partial charge in [0, 0.05) is 16.7 Å². The summed E-state index contributed by atoms with van der Waals surface area (Å²) < 4.78 is 58.4. The van der Waals surface area contributed by atoms with Gasteiger partial charge in [-0.25, -0.2) is 4.39 Å². The molecule has 1 saturated heterocycles. The van der Waals surface area contributed by atoms with Crippen LogP contribution in [0.15, 0.2) is 65.6 Å². The highest BCUT2D eigenvalue weighted by Crippen LogP contribution is 2.39. The maximum atomic E-state index is 14.1. The van der Waals surface area contributed by atoms with Crippen LogP contribution < -0.4 is 4.74 Å². The second kappa shape index (κ2) is 10.2. The summed E-state index contributed by atoms with van der Waals surface area (Å²) in [6.45, 7) is -0.367. The Morgan fingerprint density at radius 1 is 1.08 bits per heavy atom. The van der Waals surface area contributed by atoms with Gasteiger partial charge >= 0.3 is 11.9 Å². The number of hydrogen-bond donors (Lipinski definition) is 0. The Balaban J connectivity index is 1.57.